The Morgan fingerprint density at radius 3 is 2.61 bits per heavy atom. The first-order valence-corrected chi connectivity index (χ1v) is 16.0. The molecule has 2 bridgehead atoms. The number of hydrogen-bond donors (Lipinski definition) is 1. The number of halogens is 1. The molecule has 12 heteroatoms. The molecule has 7 atom stereocenters. The number of hydrogen-bond acceptors (Lipinski definition) is 8. The van der Waals surface area contributed by atoms with E-state index in [0.717, 1.165) is 32.1 Å². The van der Waals surface area contributed by atoms with Crippen LogP contribution in [0.4, 0.5) is 4.79 Å². The molecule has 2 aliphatic carbocycles. The third kappa shape index (κ3) is 5.99. The smallest absolute Gasteiger partial charge is 0.408 e. The van der Waals surface area contributed by atoms with Crippen molar-refractivity contribution in [2.24, 2.45) is 23.2 Å². The molecule has 2 aromatic rings. The summed E-state index contributed by atoms with van der Waals surface area (Å²) >= 11 is 6.22. The number of rotatable bonds is 1. The predicted octanol–water partition coefficient (Wildman–Crippen LogP) is 4.31. The number of carbonyl (C=O) groups is 3. The lowest BCUT2D eigenvalue weighted by molar-refractivity contribution is -0.152. The SMILES string of the molecule is COC(=O)[C@@H]1C[C@@H]2CN1C(=O)[C@H](C(C)(C)C)NC(=O)O[C@@H]1CC3C[C@@H]3[C@H]1CCCCCn1c(nc3cc(Cl)ccc3c1=O)O2. The highest BCUT2D eigenvalue weighted by molar-refractivity contribution is 6.31. The standard InChI is InChI=1S/C32H41ClN4O7/c1-32(2,3)26-28(39)37-16-19(15-24(37)29(40)42-4)43-30-34-23-14-18(33)9-10-21(23)27(38)36(30)11-7-5-6-8-20-22-12-17(22)13-25(20)44-31(41)35-26/h9-10,14,17,19-20,22,24-26H,5-8,11-13,15-16H2,1-4H3,(H,35,41)/t17?,19-,20-,22+,24+,25-,26-/m1/s1. The molecule has 1 aromatic heterocycles. The Hall–Kier alpha value is -3.34. The summed E-state index contributed by atoms with van der Waals surface area (Å²) in [7, 11) is 1.27. The quantitative estimate of drug-likeness (QED) is 0.463. The topological polar surface area (TPSA) is 129 Å². The van der Waals surface area contributed by atoms with Crippen LogP contribution in [0, 0.1) is 23.2 Å². The highest BCUT2D eigenvalue weighted by atomic mass is 35.5. The normalized spacial score (nSPS) is 31.0. The lowest BCUT2D eigenvalue weighted by Gasteiger charge is -2.35. The summed E-state index contributed by atoms with van der Waals surface area (Å²) in [5, 5.41) is 3.73. The predicted molar refractivity (Wildman–Crippen MR) is 162 cm³/mol. The van der Waals surface area contributed by atoms with Gasteiger partial charge in [-0.1, -0.05) is 45.2 Å². The van der Waals surface area contributed by atoms with Gasteiger partial charge in [-0.3, -0.25) is 14.2 Å². The number of esters is 1. The lowest BCUT2D eigenvalue weighted by atomic mass is 9.85. The molecule has 6 rings (SSSR count). The molecule has 4 aliphatic rings. The van der Waals surface area contributed by atoms with Crippen molar-refractivity contribution in [1.29, 1.82) is 0 Å². The number of amides is 2. The molecule has 2 amide bonds. The number of nitrogens with zero attached hydrogens (tertiary/aromatic N) is 3. The van der Waals surface area contributed by atoms with Gasteiger partial charge in [0, 0.05) is 18.0 Å². The second kappa shape index (κ2) is 11.9. The van der Waals surface area contributed by atoms with Crippen molar-refractivity contribution < 1.29 is 28.6 Å². The van der Waals surface area contributed by atoms with E-state index in [1.807, 2.05) is 20.8 Å². The van der Waals surface area contributed by atoms with Gasteiger partial charge >= 0.3 is 12.1 Å². The number of benzene rings is 1. The zero-order valence-electron chi connectivity index (χ0n) is 25.7. The van der Waals surface area contributed by atoms with Crippen LogP contribution in [0.3, 0.4) is 0 Å². The Morgan fingerprint density at radius 2 is 1.86 bits per heavy atom. The van der Waals surface area contributed by atoms with Crippen molar-refractivity contribution in [2.45, 2.75) is 96.6 Å². The van der Waals surface area contributed by atoms with E-state index >= 15 is 0 Å². The monoisotopic (exact) mass is 628 g/mol. The van der Waals surface area contributed by atoms with Crippen molar-refractivity contribution in [3.8, 4) is 6.01 Å². The molecule has 1 unspecified atom stereocenters. The Kier molecular flexibility index (Phi) is 8.28. The second-order valence-electron chi connectivity index (χ2n) is 13.8. The van der Waals surface area contributed by atoms with Gasteiger partial charge in [-0.15, -0.1) is 0 Å². The first-order valence-electron chi connectivity index (χ1n) is 15.7. The van der Waals surface area contributed by atoms with E-state index in [-0.39, 0.29) is 36.6 Å². The maximum atomic E-state index is 14.1. The lowest BCUT2D eigenvalue weighted by Crippen LogP contribution is -2.57. The van der Waals surface area contributed by atoms with Crippen LogP contribution in [-0.2, 0) is 25.6 Å². The highest BCUT2D eigenvalue weighted by Crippen LogP contribution is 2.57. The number of carbonyl (C=O) groups excluding carboxylic acids is 3. The van der Waals surface area contributed by atoms with Crippen molar-refractivity contribution in [1.82, 2.24) is 19.8 Å². The van der Waals surface area contributed by atoms with Gasteiger partial charge in [-0.25, -0.2) is 9.59 Å². The summed E-state index contributed by atoms with van der Waals surface area (Å²) in [6, 6.07) is 3.18. The molecular weight excluding hydrogens is 588 g/mol. The van der Waals surface area contributed by atoms with Crippen molar-refractivity contribution in [2.75, 3.05) is 13.7 Å². The van der Waals surface area contributed by atoms with E-state index < -0.39 is 41.6 Å². The molecule has 1 aromatic carbocycles. The average Bonchev–Trinajstić information content (AvgIpc) is 3.46. The van der Waals surface area contributed by atoms with E-state index in [4.69, 9.17) is 25.8 Å². The minimum absolute atomic E-state index is 0.0411. The molecule has 1 saturated heterocycles. The number of nitrogens with one attached hydrogen (secondary N) is 1. The second-order valence-corrected chi connectivity index (χ2v) is 14.2. The van der Waals surface area contributed by atoms with Gasteiger partial charge in [-0.05, 0) is 67.1 Å². The molecule has 0 spiro atoms. The molecular formula is C32H41ClN4O7. The fraction of sp³-hybridized carbons (Fsp3) is 0.656. The first-order chi connectivity index (χ1) is 20.9. The Morgan fingerprint density at radius 1 is 1.07 bits per heavy atom. The largest absolute Gasteiger partial charge is 0.467 e. The van der Waals surface area contributed by atoms with Crippen molar-refractivity contribution in [3.05, 3.63) is 33.6 Å². The molecule has 44 heavy (non-hydrogen) atoms. The summed E-state index contributed by atoms with van der Waals surface area (Å²) in [5.74, 6) is 0.419. The van der Waals surface area contributed by atoms with Gasteiger partial charge in [0.2, 0.25) is 5.91 Å². The van der Waals surface area contributed by atoms with Gasteiger partial charge in [0.1, 0.15) is 24.3 Å². The molecule has 0 radical (unpaired) electrons. The summed E-state index contributed by atoms with van der Waals surface area (Å²) < 4.78 is 18.9. The summed E-state index contributed by atoms with van der Waals surface area (Å²) in [6.45, 7) is 6.01. The molecule has 2 aliphatic heterocycles. The molecule has 2 saturated carbocycles. The van der Waals surface area contributed by atoms with Gasteiger partial charge in [0.25, 0.3) is 11.6 Å². The zero-order valence-corrected chi connectivity index (χ0v) is 26.5. The van der Waals surface area contributed by atoms with Crippen LogP contribution in [0.1, 0.15) is 65.7 Å². The highest BCUT2D eigenvalue weighted by Gasteiger charge is 2.54. The van der Waals surface area contributed by atoms with E-state index in [1.165, 1.54) is 18.4 Å². The Labute approximate surface area is 261 Å². The van der Waals surface area contributed by atoms with Gasteiger partial charge in [-0.2, -0.15) is 4.98 Å². The molecule has 11 nitrogen and oxygen atoms in total. The number of aromatic nitrogens is 2. The Balaban J connectivity index is 1.37. The number of ether oxygens (including phenoxy) is 3. The van der Waals surface area contributed by atoms with Crippen LogP contribution in [0.2, 0.25) is 5.02 Å². The fourth-order valence-corrected chi connectivity index (χ4v) is 7.54. The third-order valence-electron chi connectivity index (χ3n) is 9.77. The molecule has 3 heterocycles. The third-order valence-corrected chi connectivity index (χ3v) is 10.0. The van der Waals surface area contributed by atoms with Gasteiger partial charge in [0.15, 0.2) is 0 Å². The summed E-state index contributed by atoms with van der Waals surface area (Å²) in [5.41, 5.74) is -0.506. The van der Waals surface area contributed by atoms with Crippen LogP contribution < -0.4 is 15.6 Å². The molecule has 1 N–H and O–H groups in total. The van der Waals surface area contributed by atoms with Crippen LogP contribution in [-0.4, -0.2) is 70.4 Å². The van der Waals surface area contributed by atoms with Crippen molar-refractivity contribution in [3.63, 3.8) is 0 Å². The van der Waals surface area contributed by atoms with Crippen LogP contribution in [0.15, 0.2) is 23.0 Å². The number of alkyl carbamates (subject to hydrolysis) is 1. The van der Waals surface area contributed by atoms with Crippen molar-refractivity contribution >= 4 is 40.5 Å². The maximum Gasteiger partial charge on any atom is 0.408 e. The van der Waals surface area contributed by atoms with Gasteiger partial charge in [0.05, 0.1) is 24.6 Å². The summed E-state index contributed by atoms with van der Waals surface area (Å²) in [6.07, 6.45) is 4.19. The minimum atomic E-state index is -0.965. The number of methoxy groups -OCH3 is 1. The molecule has 3 fully saturated rings. The fourth-order valence-electron chi connectivity index (χ4n) is 7.38. The zero-order chi connectivity index (χ0) is 31.3. The van der Waals surface area contributed by atoms with Crippen LogP contribution in [0.5, 0.6) is 6.01 Å². The Bertz CT molecular complexity index is 1520. The molecule has 238 valence electrons. The van der Waals surface area contributed by atoms with E-state index in [2.05, 4.69) is 10.3 Å². The maximum absolute atomic E-state index is 14.1. The van der Waals surface area contributed by atoms with E-state index in [0.29, 0.717) is 34.3 Å². The van der Waals surface area contributed by atoms with Crippen LogP contribution in [0.25, 0.3) is 10.9 Å². The number of fused-ring (bicyclic) bond motifs is 7. The first kappa shape index (κ1) is 30.7. The van der Waals surface area contributed by atoms with Crippen LogP contribution >= 0.6 is 11.6 Å². The van der Waals surface area contributed by atoms with E-state index in [1.54, 1.807) is 22.8 Å². The summed E-state index contributed by atoms with van der Waals surface area (Å²) in [4.78, 5) is 60.1. The van der Waals surface area contributed by atoms with Gasteiger partial charge < -0.3 is 24.4 Å². The average molecular weight is 629 g/mol. The van der Waals surface area contributed by atoms with E-state index in [9.17, 15) is 19.2 Å². The minimum Gasteiger partial charge on any atom is -0.467 e.